The highest BCUT2D eigenvalue weighted by Crippen LogP contribution is 2.42. The van der Waals surface area contributed by atoms with Gasteiger partial charge in [0.2, 0.25) is 0 Å². The lowest BCUT2D eigenvalue weighted by Gasteiger charge is -2.38. The molecule has 0 saturated carbocycles. The third-order valence-corrected chi connectivity index (χ3v) is 8.37. The smallest absolute Gasteiger partial charge is 0.0585 e. The molecule has 0 saturated heterocycles. The van der Waals surface area contributed by atoms with Gasteiger partial charge in [-0.25, -0.2) is 0 Å². The zero-order chi connectivity index (χ0) is 30.6. The number of hydrogen-bond acceptors (Lipinski definition) is 1. The zero-order valence-electron chi connectivity index (χ0n) is 27.5. The molecule has 1 nitrogen and oxygen atoms in total. The van der Waals surface area contributed by atoms with Crippen LogP contribution in [0.25, 0.3) is 0 Å². The normalized spacial score (nSPS) is 26.7. The van der Waals surface area contributed by atoms with Gasteiger partial charge in [0.25, 0.3) is 0 Å². The van der Waals surface area contributed by atoms with Gasteiger partial charge in [0.1, 0.15) is 0 Å². The van der Waals surface area contributed by atoms with Gasteiger partial charge in [-0.05, 0) is 82.1 Å². The zero-order valence-corrected chi connectivity index (χ0v) is 27.5. The molecule has 1 unspecified atom stereocenters. The summed E-state index contributed by atoms with van der Waals surface area (Å²) < 4.78 is 0. The first-order valence-electron chi connectivity index (χ1n) is 15.3. The molecule has 0 aliphatic heterocycles. The van der Waals surface area contributed by atoms with Crippen LogP contribution < -0.4 is 0 Å². The van der Waals surface area contributed by atoms with Gasteiger partial charge >= 0.3 is 0 Å². The average molecular weight is 553 g/mol. The van der Waals surface area contributed by atoms with Crippen molar-refractivity contribution in [2.75, 3.05) is 0 Å². The van der Waals surface area contributed by atoms with Gasteiger partial charge in [-0.1, -0.05) is 160 Å². The molecule has 0 aromatic rings. The van der Waals surface area contributed by atoms with Gasteiger partial charge in [0, 0.05) is 0 Å². The van der Waals surface area contributed by atoms with Crippen LogP contribution in [0.2, 0.25) is 0 Å². The maximum atomic E-state index is 10.1. The summed E-state index contributed by atoms with van der Waals surface area (Å²) in [4.78, 5) is 0. The third-order valence-electron chi connectivity index (χ3n) is 8.37. The second kappa shape index (κ2) is 15.9. The van der Waals surface area contributed by atoms with Crippen LogP contribution in [0.1, 0.15) is 88.5 Å². The maximum Gasteiger partial charge on any atom is 0.0585 e. The second-order valence-electron chi connectivity index (χ2n) is 13.6. The summed E-state index contributed by atoms with van der Waals surface area (Å²) in [6.45, 7) is 22.2. The molecule has 2 rings (SSSR count). The Bertz CT molecular complexity index is 1220. The first-order chi connectivity index (χ1) is 19.2. The molecule has 41 heavy (non-hydrogen) atoms. The summed E-state index contributed by atoms with van der Waals surface area (Å²) in [5.41, 5.74) is 7.88. The molecule has 0 aromatic heterocycles. The van der Waals surface area contributed by atoms with Gasteiger partial charge in [-0.2, -0.15) is 0 Å². The standard InChI is InChI=1S/C40H56O/c1-30(18-13-20-32(3)23-25-37-34(5)22-15-27-39(37,7)8)16-11-12-17-31(2)19-14-21-33(4)24-26-38-35(6)28-36(41)29-40(38,9)10/h11-26,34,36-37,41H,27-29H2,1-10H3/b12-11+,18-13+,19-14+,25-23+,26-24+,30-16+,31-17+,32-20+,33-21+/t34?,36-,37+/m1/s1. The van der Waals surface area contributed by atoms with E-state index in [2.05, 4.69) is 166 Å². The summed E-state index contributed by atoms with van der Waals surface area (Å²) in [5.74, 6) is 1.16. The number of aliphatic hydroxyl groups excluding tert-OH is 1. The third kappa shape index (κ3) is 11.9. The van der Waals surface area contributed by atoms with Crippen molar-refractivity contribution in [1.29, 1.82) is 0 Å². The molecule has 0 heterocycles. The summed E-state index contributed by atoms with van der Waals surface area (Å²) in [5, 5.41) is 10.1. The second-order valence-corrected chi connectivity index (χ2v) is 13.6. The van der Waals surface area contributed by atoms with E-state index in [0.29, 0.717) is 17.3 Å². The van der Waals surface area contributed by atoms with Crippen molar-refractivity contribution in [1.82, 2.24) is 0 Å². The Morgan fingerprint density at radius 2 is 1.29 bits per heavy atom. The summed E-state index contributed by atoms with van der Waals surface area (Å²) in [6, 6.07) is 0. The van der Waals surface area contributed by atoms with E-state index in [1.165, 1.54) is 33.4 Å². The minimum atomic E-state index is -0.221. The average Bonchev–Trinajstić information content (AvgIpc) is 2.84. The molecular weight excluding hydrogens is 496 g/mol. The molecule has 0 spiro atoms. The van der Waals surface area contributed by atoms with Crippen LogP contribution in [0.3, 0.4) is 0 Å². The highest BCUT2D eigenvalue weighted by atomic mass is 16.3. The van der Waals surface area contributed by atoms with E-state index in [9.17, 15) is 5.11 Å². The van der Waals surface area contributed by atoms with Gasteiger partial charge in [-0.3, -0.25) is 0 Å². The molecule has 1 N–H and O–H groups in total. The molecule has 0 aromatic carbocycles. The number of allylic oxidation sites excluding steroid dienone is 21. The van der Waals surface area contributed by atoms with Crippen LogP contribution in [0.5, 0.6) is 0 Å². The van der Waals surface area contributed by atoms with Crippen molar-refractivity contribution in [3.63, 3.8) is 0 Å². The number of hydrogen-bond donors (Lipinski definition) is 1. The minimum Gasteiger partial charge on any atom is -0.393 e. The number of aliphatic hydroxyl groups is 1. The minimum absolute atomic E-state index is 0.0124. The molecule has 0 amide bonds. The van der Waals surface area contributed by atoms with Crippen molar-refractivity contribution < 1.29 is 5.11 Å². The van der Waals surface area contributed by atoms with Gasteiger partial charge in [0.05, 0.1) is 6.10 Å². The Labute approximate surface area is 252 Å². The van der Waals surface area contributed by atoms with Crippen molar-refractivity contribution in [2.24, 2.45) is 22.7 Å². The van der Waals surface area contributed by atoms with Crippen LogP contribution in [0, 0.1) is 22.7 Å². The van der Waals surface area contributed by atoms with E-state index in [0.717, 1.165) is 19.3 Å². The summed E-state index contributed by atoms with van der Waals surface area (Å²) >= 11 is 0. The van der Waals surface area contributed by atoms with Gasteiger partial charge < -0.3 is 5.11 Å². The van der Waals surface area contributed by atoms with E-state index >= 15 is 0 Å². The topological polar surface area (TPSA) is 20.2 Å². The lowest BCUT2D eigenvalue weighted by molar-refractivity contribution is 0.116. The highest BCUT2D eigenvalue weighted by molar-refractivity contribution is 5.38. The quantitative estimate of drug-likeness (QED) is 0.211. The Morgan fingerprint density at radius 3 is 1.83 bits per heavy atom. The fourth-order valence-electron chi connectivity index (χ4n) is 5.98. The van der Waals surface area contributed by atoms with Gasteiger partial charge in [0.15, 0.2) is 0 Å². The molecule has 3 atom stereocenters. The van der Waals surface area contributed by atoms with Crippen molar-refractivity contribution in [3.05, 3.63) is 131 Å². The largest absolute Gasteiger partial charge is 0.393 e. The monoisotopic (exact) mass is 552 g/mol. The first kappa shape index (κ1) is 34.3. The van der Waals surface area contributed by atoms with E-state index < -0.39 is 0 Å². The van der Waals surface area contributed by atoms with Crippen molar-refractivity contribution in [2.45, 2.75) is 94.6 Å². The van der Waals surface area contributed by atoms with Crippen LogP contribution in [-0.2, 0) is 0 Å². The summed E-state index contributed by atoms with van der Waals surface area (Å²) in [6.07, 6.45) is 37.6. The molecule has 2 aliphatic carbocycles. The maximum absolute atomic E-state index is 10.1. The lowest BCUT2D eigenvalue weighted by Crippen LogP contribution is -2.29. The van der Waals surface area contributed by atoms with Crippen LogP contribution in [0.15, 0.2) is 131 Å². The van der Waals surface area contributed by atoms with E-state index in [4.69, 9.17) is 0 Å². The Balaban J connectivity index is 1.88. The predicted octanol–water partition coefficient (Wildman–Crippen LogP) is 11.3. The van der Waals surface area contributed by atoms with Crippen LogP contribution >= 0.6 is 0 Å². The Morgan fingerprint density at radius 1 is 0.780 bits per heavy atom. The first-order valence-corrected chi connectivity index (χ1v) is 15.3. The van der Waals surface area contributed by atoms with Crippen LogP contribution in [-0.4, -0.2) is 11.2 Å². The fraction of sp³-hybridized carbons (Fsp3) is 0.450. The van der Waals surface area contributed by atoms with E-state index in [1.54, 1.807) is 0 Å². The molecule has 0 fully saturated rings. The van der Waals surface area contributed by atoms with E-state index in [1.807, 2.05) is 0 Å². The van der Waals surface area contributed by atoms with Crippen molar-refractivity contribution in [3.8, 4) is 0 Å². The van der Waals surface area contributed by atoms with E-state index in [-0.39, 0.29) is 11.5 Å². The molecular formula is C40H56O. The SMILES string of the molecule is CC1=C(/C=C/C(C)=C/C=C/C(C)=C/C=C/C=C(C)/C=C/C=C(C)/C=C/[C@H]2C(C)C=CCC2(C)C)C(C)(C)C[C@H](O)C1. The van der Waals surface area contributed by atoms with Crippen molar-refractivity contribution >= 4 is 0 Å². The number of rotatable bonds is 10. The van der Waals surface area contributed by atoms with Crippen LogP contribution in [0.4, 0.5) is 0 Å². The lowest BCUT2D eigenvalue weighted by atomic mass is 9.67. The highest BCUT2D eigenvalue weighted by Gasteiger charge is 2.32. The predicted molar refractivity (Wildman–Crippen MR) is 183 cm³/mol. The molecule has 222 valence electrons. The molecule has 0 radical (unpaired) electrons. The summed E-state index contributed by atoms with van der Waals surface area (Å²) in [7, 11) is 0. The molecule has 1 heteroatoms. The van der Waals surface area contributed by atoms with Gasteiger partial charge in [-0.15, -0.1) is 0 Å². The Hall–Kier alpha value is -2.90. The Kier molecular flexibility index (Phi) is 13.3. The fourth-order valence-corrected chi connectivity index (χ4v) is 5.98. The molecule has 0 bridgehead atoms. The molecule has 2 aliphatic rings.